The molecule has 1 atom stereocenters. The van der Waals surface area contributed by atoms with E-state index in [0.717, 1.165) is 23.2 Å². The second-order valence-corrected chi connectivity index (χ2v) is 5.35. The third-order valence-electron chi connectivity index (χ3n) is 2.83. The second kappa shape index (κ2) is 5.34. The number of methoxy groups -OCH3 is 1. The van der Waals surface area contributed by atoms with Gasteiger partial charge in [-0.05, 0) is 30.7 Å². The van der Waals surface area contributed by atoms with E-state index in [-0.39, 0.29) is 0 Å². The summed E-state index contributed by atoms with van der Waals surface area (Å²) in [5, 5.41) is 4.13. The Morgan fingerprint density at radius 3 is 3.12 bits per heavy atom. The third-order valence-corrected chi connectivity index (χ3v) is 4.23. The summed E-state index contributed by atoms with van der Waals surface area (Å²) in [6.45, 7) is 0.988. The summed E-state index contributed by atoms with van der Waals surface area (Å²) in [4.78, 5) is 0. The molecular formula is C12H18N2OS. The molecular weight excluding hydrogens is 220 g/mol. The molecule has 1 aliphatic rings. The Hall–Kier alpha value is -1.03. The van der Waals surface area contributed by atoms with Gasteiger partial charge >= 0.3 is 0 Å². The predicted molar refractivity (Wildman–Crippen MR) is 71.4 cm³/mol. The highest BCUT2D eigenvalue weighted by Crippen LogP contribution is 2.31. The van der Waals surface area contributed by atoms with Crippen LogP contribution in [0.4, 0.5) is 11.4 Å². The lowest BCUT2D eigenvalue weighted by Gasteiger charge is -2.14. The minimum absolute atomic E-state index is 0.702. The number of thioether (sulfide) groups is 1. The first-order valence-corrected chi connectivity index (χ1v) is 6.64. The molecule has 0 radical (unpaired) electrons. The highest BCUT2D eigenvalue weighted by atomic mass is 32.2. The lowest BCUT2D eigenvalue weighted by Crippen LogP contribution is -2.14. The normalized spacial score (nSPS) is 19.7. The zero-order chi connectivity index (χ0) is 11.4. The standard InChI is InChI=1S/C12H18N2OS/c1-15-11-6-2-5-10(12(11)13)14-8-9-4-3-7-16-9/h2,5-6,9,14H,3-4,7-8,13H2,1H3. The summed E-state index contributed by atoms with van der Waals surface area (Å²) in [5.74, 6) is 2.03. The SMILES string of the molecule is COc1cccc(NCC2CCCS2)c1N. The van der Waals surface area contributed by atoms with Gasteiger partial charge in [0.05, 0.1) is 18.5 Å². The fourth-order valence-electron chi connectivity index (χ4n) is 1.91. The fraction of sp³-hybridized carbons (Fsp3) is 0.500. The van der Waals surface area contributed by atoms with Crippen molar-refractivity contribution in [3.63, 3.8) is 0 Å². The number of nitrogens with one attached hydrogen (secondary N) is 1. The highest BCUT2D eigenvalue weighted by molar-refractivity contribution is 8.00. The number of rotatable bonds is 4. The smallest absolute Gasteiger partial charge is 0.143 e. The van der Waals surface area contributed by atoms with Crippen LogP contribution in [0.25, 0.3) is 0 Å². The molecule has 16 heavy (non-hydrogen) atoms. The van der Waals surface area contributed by atoms with E-state index in [1.54, 1.807) is 7.11 Å². The number of para-hydroxylation sites is 1. The minimum atomic E-state index is 0.702. The van der Waals surface area contributed by atoms with Gasteiger partial charge in [-0.1, -0.05) is 6.07 Å². The van der Waals surface area contributed by atoms with Crippen LogP contribution in [0.5, 0.6) is 5.75 Å². The van der Waals surface area contributed by atoms with E-state index in [1.165, 1.54) is 18.6 Å². The molecule has 1 heterocycles. The molecule has 0 saturated carbocycles. The molecule has 1 aromatic rings. The molecule has 2 rings (SSSR count). The lowest BCUT2D eigenvalue weighted by atomic mass is 10.2. The first-order valence-electron chi connectivity index (χ1n) is 5.59. The Kier molecular flexibility index (Phi) is 3.83. The van der Waals surface area contributed by atoms with Crippen molar-refractivity contribution in [3.8, 4) is 5.75 Å². The van der Waals surface area contributed by atoms with Gasteiger partial charge in [-0.3, -0.25) is 0 Å². The Morgan fingerprint density at radius 2 is 2.44 bits per heavy atom. The largest absolute Gasteiger partial charge is 0.495 e. The number of benzene rings is 1. The van der Waals surface area contributed by atoms with Crippen molar-refractivity contribution < 1.29 is 4.74 Å². The average molecular weight is 238 g/mol. The average Bonchev–Trinajstić information content (AvgIpc) is 2.81. The summed E-state index contributed by atoms with van der Waals surface area (Å²) in [6.07, 6.45) is 2.64. The summed E-state index contributed by atoms with van der Waals surface area (Å²) >= 11 is 2.04. The maximum Gasteiger partial charge on any atom is 0.143 e. The van der Waals surface area contributed by atoms with Crippen molar-refractivity contribution >= 4 is 23.1 Å². The molecule has 1 aliphatic heterocycles. The fourth-order valence-corrected chi connectivity index (χ4v) is 3.11. The van der Waals surface area contributed by atoms with E-state index in [9.17, 15) is 0 Å². The lowest BCUT2D eigenvalue weighted by molar-refractivity contribution is 0.417. The van der Waals surface area contributed by atoms with Crippen LogP contribution in [0.2, 0.25) is 0 Å². The van der Waals surface area contributed by atoms with Gasteiger partial charge in [0.1, 0.15) is 5.75 Å². The highest BCUT2D eigenvalue weighted by Gasteiger charge is 2.15. The molecule has 0 amide bonds. The number of hydrogen-bond donors (Lipinski definition) is 2. The van der Waals surface area contributed by atoms with E-state index in [1.807, 2.05) is 30.0 Å². The molecule has 4 heteroatoms. The minimum Gasteiger partial charge on any atom is -0.495 e. The topological polar surface area (TPSA) is 47.3 Å². The van der Waals surface area contributed by atoms with E-state index < -0.39 is 0 Å². The predicted octanol–water partition coefficient (Wildman–Crippen LogP) is 2.58. The second-order valence-electron chi connectivity index (χ2n) is 3.94. The Balaban J connectivity index is 1.97. The van der Waals surface area contributed by atoms with E-state index in [4.69, 9.17) is 10.5 Å². The molecule has 1 aromatic carbocycles. The number of hydrogen-bond acceptors (Lipinski definition) is 4. The van der Waals surface area contributed by atoms with Crippen molar-refractivity contribution in [1.29, 1.82) is 0 Å². The van der Waals surface area contributed by atoms with Crippen LogP contribution in [-0.4, -0.2) is 24.7 Å². The molecule has 3 N–H and O–H groups in total. The quantitative estimate of drug-likeness (QED) is 0.792. The summed E-state index contributed by atoms with van der Waals surface area (Å²) in [6, 6.07) is 5.83. The summed E-state index contributed by atoms with van der Waals surface area (Å²) in [7, 11) is 1.64. The van der Waals surface area contributed by atoms with E-state index >= 15 is 0 Å². The molecule has 0 spiro atoms. The van der Waals surface area contributed by atoms with Gasteiger partial charge in [0, 0.05) is 11.8 Å². The van der Waals surface area contributed by atoms with Crippen molar-refractivity contribution in [3.05, 3.63) is 18.2 Å². The van der Waals surface area contributed by atoms with Gasteiger partial charge in [0.15, 0.2) is 0 Å². The molecule has 1 fully saturated rings. The molecule has 3 nitrogen and oxygen atoms in total. The van der Waals surface area contributed by atoms with Crippen molar-refractivity contribution in [2.45, 2.75) is 18.1 Å². The third kappa shape index (κ3) is 2.55. The van der Waals surface area contributed by atoms with Crippen molar-refractivity contribution in [2.75, 3.05) is 30.5 Å². The number of nitrogen functional groups attached to an aromatic ring is 1. The van der Waals surface area contributed by atoms with Crippen molar-refractivity contribution in [2.24, 2.45) is 0 Å². The summed E-state index contributed by atoms with van der Waals surface area (Å²) < 4.78 is 5.19. The van der Waals surface area contributed by atoms with E-state index in [0.29, 0.717) is 5.69 Å². The van der Waals surface area contributed by atoms with Crippen LogP contribution < -0.4 is 15.8 Å². The van der Waals surface area contributed by atoms with Crippen LogP contribution in [0.15, 0.2) is 18.2 Å². The van der Waals surface area contributed by atoms with Crippen LogP contribution in [0, 0.1) is 0 Å². The molecule has 0 aliphatic carbocycles. The molecule has 0 bridgehead atoms. The Labute approximate surface area is 101 Å². The maximum absolute atomic E-state index is 5.98. The monoisotopic (exact) mass is 238 g/mol. The zero-order valence-electron chi connectivity index (χ0n) is 9.53. The van der Waals surface area contributed by atoms with Crippen LogP contribution in [0.1, 0.15) is 12.8 Å². The van der Waals surface area contributed by atoms with Crippen LogP contribution in [0.3, 0.4) is 0 Å². The van der Waals surface area contributed by atoms with Gasteiger partial charge < -0.3 is 15.8 Å². The van der Waals surface area contributed by atoms with Crippen molar-refractivity contribution in [1.82, 2.24) is 0 Å². The first-order chi connectivity index (χ1) is 7.81. The molecule has 1 saturated heterocycles. The zero-order valence-corrected chi connectivity index (χ0v) is 10.3. The van der Waals surface area contributed by atoms with Gasteiger partial charge in [-0.25, -0.2) is 0 Å². The van der Waals surface area contributed by atoms with Gasteiger partial charge in [-0.2, -0.15) is 11.8 Å². The number of anilines is 2. The summed E-state index contributed by atoms with van der Waals surface area (Å²) in [5.41, 5.74) is 7.66. The molecule has 88 valence electrons. The van der Waals surface area contributed by atoms with Gasteiger partial charge in [0.25, 0.3) is 0 Å². The molecule has 1 unspecified atom stereocenters. The maximum atomic E-state index is 5.98. The van der Waals surface area contributed by atoms with Crippen LogP contribution >= 0.6 is 11.8 Å². The first kappa shape index (κ1) is 11.5. The molecule has 0 aromatic heterocycles. The van der Waals surface area contributed by atoms with Crippen LogP contribution in [-0.2, 0) is 0 Å². The van der Waals surface area contributed by atoms with E-state index in [2.05, 4.69) is 5.32 Å². The number of nitrogens with two attached hydrogens (primary N) is 1. The Morgan fingerprint density at radius 1 is 1.56 bits per heavy atom. The van der Waals surface area contributed by atoms with Gasteiger partial charge in [-0.15, -0.1) is 0 Å². The number of ether oxygens (including phenoxy) is 1. The van der Waals surface area contributed by atoms with Gasteiger partial charge in [0.2, 0.25) is 0 Å². The Bertz CT molecular complexity index is 351.